The van der Waals surface area contributed by atoms with Gasteiger partial charge in [-0.3, -0.25) is 0 Å². The van der Waals surface area contributed by atoms with Crippen molar-refractivity contribution >= 4 is 17.7 Å². The molecule has 1 saturated carbocycles. The van der Waals surface area contributed by atoms with Crippen LogP contribution in [0.25, 0.3) is 0 Å². The van der Waals surface area contributed by atoms with Gasteiger partial charge >= 0.3 is 5.97 Å². The Balaban J connectivity index is 1.73. The number of thioether (sulfide) groups is 1. The van der Waals surface area contributed by atoms with Crippen LogP contribution in [-0.4, -0.2) is 31.3 Å². The van der Waals surface area contributed by atoms with Crippen molar-refractivity contribution in [1.29, 1.82) is 0 Å². The molecule has 6 nitrogen and oxygen atoms in total. The van der Waals surface area contributed by atoms with Crippen molar-refractivity contribution in [1.82, 2.24) is 20.2 Å². The summed E-state index contributed by atoms with van der Waals surface area (Å²) in [4.78, 5) is 10.9. The molecule has 0 amide bonds. The molecule has 0 saturated heterocycles. The highest BCUT2D eigenvalue weighted by molar-refractivity contribution is 7.98. The first-order valence-corrected chi connectivity index (χ1v) is 7.06. The highest BCUT2D eigenvalue weighted by atomic mass is 32.2. The highest BCUT2D eigenvalue weighted by Crippen LogP contribution is 2.36. The third-order valence-electron chi connectivity index (χ3n) is 2.98. The second kappa shape index (κ2) is 5.20. The van der Waals surface area contributed by atoms with Crippen molar-refractivity contribution in [3.63, 3.8) is 0 Å². The van der Waals surface area contributed by atoms with E-state index in [1.165, 1.54) is 23.9 Å². The van der Waals surface area contributed by atoms with Gasteiger partial charge in [0.05, 0.1) is 11.6 Å². The molecule has 8 heteroatoms. The minimum Gasteiger partial charge on any atom is -0.478 e. The van der Waals surface area contributed by atoms with Crippen LogP contribution in [0.2, 0.25) is 0 Å². The molecule has 0 radical (unpaired) electrons. The van der Waals surface area contributed by atoms with E-state index < -0.39 is 11.8 Å². The van der Waals surface area contributed by atoms with Gasteiger partial charge in [-0.15, -0.1) is 5.10 Å². The summed E-state index contributed by atoms with van der Waals surface area (Å²) in [5.41, 5.74) is 0.407. The Labute approximate surface area is 118 Å². The first-order chi connectivity index (χ1) is 9.65. The summed E-state index contributed by atoms with van der Waals surface area (Å²) in [6.07, 6.45) is 2.16. The molecule has 0 aliphatic heterocycles. The minimum atomic E-state index is -1.27. The summed E-state index contributed by atoms with van der Waals surface area (Å²) in [6.45, 7) is 0. The largest absolute Gasteiger partial charge is 0.478 e. The topological polar surface area (TPSA) is 80.9 Å². The quantitative estimate of drug-likeness (QED) is 0.851. The predicted octanol–water partition coefficient (Wildman–Crippen LogP) is 2.14. The van der Waals surface area contributed by atoms with Gasteiger partial charge in [0.1, 0.15) is 5.82 Å². The lowest BCUT2D eigenvalue weighted by Crippen LogP contribution is -2.02. The molecule has 1 aromatic carbocycles. The van der Waals surface area contributed by atoms with Crippen molar-refractivity contribution < 1.29 is 14.3 Å². The maximum absolute atomic E-state index is 13.3. The second-order valence-electron chi connectivity index (χ2n) is 4.55. The standard InChI is InChI=1S/C12H11FN4O2S/c13-10-4-1-7(5-9(10)11(18)19)6-20-12-14-15-16-17(12)8-2-3-8/h1,4-5,8H,2-3,6H2,(H,18,19). The summed E-state index contributed by atoms with van der Waals surface area (Å²) in [6, 6.07) is 4.47. The Morgan fingerprint density at radius 2 is 2.30 bits per heavy atom. The van der Waals surface area contributed by atoms with Crippen LogP contribution in [0.4, 0.5) is 4.39 Å². The second-order valence-corrected chi connectivity index (χ2v) is 5.49. The number of aromatic nitrogens is 4. The number of hydrogen-bond acceptors (Lipinski definition) is 5. The molecule has 1 heterocycles. The van der Waals surface area contributed by atoms with E-state index >= 15 is 0 Å². The molecule has 0 atom stereocenters. The fourth-order valence-electron chi connectivity index (χ4n) is 1.80. The van der Waals surface area contributed by atoms with Gasteiger partial charge < -0.3 is 5.11 Å². The van der Waals surface area contributed by atoms with E-state index in [0.717, 1.165) is 18.4 Å². The first kappa shape index (κ1) is 13.0. The maximum Gasteiger partial charge on any atom is 0.338 e. The van der Waals surface area contributed by atoms with Crippen molar-refractivity contribution in [3.05, 3.63) is 35.1 Å². The fourth-order valence-corrected chi connectivity index (χ4v) is 2.69. The lowest BCUT2D eigenvalue weighted by molar-refractivity contribution is 0.0692. The number of nitrogens with zero attached hydrogens (tertiary/aromatic N) is 4. The zero-order valence-corrected chi connectivity index (χ0v) is 11.2. The van der Waals surface area contributed by atoms with Crippen LogP contribution in [-0.2, 0) is 5.75 Å². The molecule has 0 bridgehead atoms. The monoisotopic (exact) mass is 294 g/mol. The van der Waals surface area contributed by atoms with Crippen molar-refractivity contribution in [2.45, 2.75) is 29.8 Å². The third kappa shape index (κ3) is 2.64. The number of halogens is 1. The number of benzene rings is 1. The molecule has 2 aromatic rings. The van der Waals surface area contributed by atoms with Crippen LogP contribution in [0.1, 0.15) is 34.8 Å². The SMILES string of the molecule is O=C(O)c1cc(CSc2nnnn2C2CC2)ccc1F. The van der Waals surface area contributed by atoms with E-state index in [0.29, 0.717) is 17.0 Å². The molecule has 1 aromatic heterocycles. The van der Waals surface area contributed by atoms with Crippen LogP contribution in [0, 0.1) is 5.82 Å². The highest BCUT2D eigenvalue weighted by Gasteiger charge is 2.27. The van der Waals surface area contributed by atoms with E-state index in [1.807, 2.05) is 0 Å². The van der Waals surface area contributed by atoms with Gasteiger partial charge in [0.15, 0.2) is 0 Å². The van der Waals surface area contributed by atoms with Gasteiger partial charge in [-0.05, 0) is 41.0 Å². The van der Waals surface area contributed by atoms with Gasteiger partial charge in [0, 0.05) is 5.75 Å². The zero-order chi connectivity index (χ0) is 14.1. The van der Waals surface area contributed by atoms with E-state index in [-0.39, 0.29) is 5.56 Å². The Bertz CT molecular complexity index is 657. The Kier molecular flexibility index (Phi) is 3.39. The Morgan fingerprint density at radius 1 is 1.50 bits per heavy atom. The number of rotatable bonds is 5. The summed E-state index contributed by atoms with van der Waals surface area (Å²) in [5.74, 6) is -1.50. The molecule has 1 fully saturated rings. The summed E-state index contributed by atoms with van der Waals surface area (Å²) >= 11 is 1.41. The average molecular weight is 294 g/mol. The number of carbonyl (C=O) groups is 1. The van der Waals surface area contributed by atoms with Crippen LogP contribution < -0.4 is 0 Å². The molecule has 1 N–H and O–H groups in total. The molecule has 0 unspecified atom stereocenters. The third-order valence-corrected chi connectivity index (χ3v) is 3.99. The van der Waals surface area contributed by atoms with Gasteiger partial charge in [-0.25, -0.2) is 13.9 Å². The van der Waals surface area contributed by atoms with Crippen LogP contribution in [0.15, 0.2) is 23.4 Å². The number of aromatic carboxylic acids is 1. The normalized spacial score (nSPS) is 14.4. The van der Waals surface area contributed by atoms with E-state index in [9.17, 15) is 9.18 Å². The first-order valence-electron chi connectivity index (χ1n) is 6.07. The summed E-state index contributed by atoms with van der Waals surface area (Å²) in [7, 11) is 0. The number of carboxylic acids is 1. The predicted molar refractivity (Wildman–Crippen MR) is 69.0 cm³/mol. The van der Waals surface area contributed by atoms with Crippen molar-refractivity contribution in [3.8, 4) is 0 Å². The zero-order valence-electron chi connectivity index (χ0n) is 10.4. The molecular weight excluding hydrogens is 283 g/mol. The Morgan fingerprint density at radius 3 is 3.00 bits per heavy atom. The number of hydrogen-bond donors (Lipinski definition) is 1. The molecule has 1 aliphatic carbocycles. The molecule has 104 valence electrons. The average Bonchev–Trinajstić information content (AvgIpc) is 3.16. The van der Waals surface area contributed by atoms with Gasteiger partial charge in [0.25, 0.3) is 0 Å². The van der Waals surface area contributed by atoms with E-state index in [1.54, 1.807) is 10.7 Å². The Hall–Kier alpha value is -1.96. The molecule has 0 spiro atoms. The van der Waals surface area contributed by atoms with Crippen LogP contribution in [0.3, 0.4) is 0 Å². The van der Waals surface area contributed by atoms with Crippen molar-refractivity contribution in [2.24, 2.45) is 0 Å². The van der Waals surface area contributed by atoms with Crippen LogP contribution in [0.5, 0.6) is 0 Å². The van der Waals surface area contributed by atoms with Gasteiger partial charge in [-0.2, -0.15) is 0 Å². The molecule has 1 aliphatic rings. The summed E-state index contributed by atoms with van der Waals surface area (Å²) in [5, 5.41) is 21.1. The van der Waals surface area contributed by atoms with E-state index in [4.69, 9.17) is 5.11 Å². The van der Waals surface area contributed by atoms with Gasteiger partial charge in [-0.1, -0.05) is 17.8 Å². The lowest BCUT2D eigenvalue weighted by atomic mass is 10.1. The molecule has 20 heavy (non-hydrogen) atoms. The minimum absolute atomic E-state index is 0.315. The fraction of sp³-hybridized carbons (Fsp3) is 0.333. The number of tetrazole rings is 1. The van der Waals surface area contributed by atoms with Crippen molar-refractivity contribution in [2.75, 3.05) is 0 Å². The molecule has 3 rings (SSSR count). The number of carboxylic acid groups (broad SMARTS) is 1. The maximum atomic E-state index is 13.3. The summed E-state index contributed by atoms with van der Waals surface area (Å²) < 4.78 is 15.1. The lowest BCUT2D eigenvalue weighted by Gasteiger charge is -2.04. The van der Waals surface area contributed by atoms with E-state index in [2.05, 4.69) is 15.5 Å². The smallest absolute Gasteiger partial charge is 0.338 e. The molecular formula is C12H11FN4O2S. The van der Waals surface area contributed by atoms with Gasteiger partial charge in [0.2, 0.25) is 5.16 Å². The van der Waals surface area contributed by atoms with Crippen LogP contribution >= 0.6 is 11.8 Å².